The van der Waals surface area contributed by atoms with Gasteiger partial charge in [0, 0.05) is 59.8 Å². The van der Waals surface area contributed by atoms with Crippen LogP contribution in [0.1, 0.15) is 0 Å². The molecule has 1 N–H and O–H groups in total. The summed E-state index contributed by atoms with van der Waals surface area (Å²) in [5, 5.41) is 0.921. The smallest absolute Gasteiger partial charge is 0.163 e. The van der Waals surface area contributed by atoms with Gasteiger partial charge in [-0.05, 0) is 30.3 Å². The van der Waals surface area contributed by atoms with Crippen LogP contribution in [-0.2, 0) is 4.74 Å². The first-order valence-corrected chi connectivity index (χ1v) is 9.17. The number of benzene rings is 1. The molecule has 140 valence electrons. The number of rotatable bonds is 3. The third kappa shape index (κ3) is 3.10. The Hall–Kier alpha value is -3.32. The number of hydrogen-bond donors (Lipinski definition) is 1. The Bertz CT molecular complexity index is 1120. The molecule has 0 amide bonds. The van der Waals surface area contributed by atoms with Crippen molar-refractivity contribution in [1.29, 1.82) is 0 Å². The molecule has 6 nitrogen and oxygen atoms in total. The van der Waals surface area contributed by atoms with Crippen molar-refractivity contribution >= 4 is 16.7 Å². The van der Waals surface area contributed by atoms with Gasteiger partial charge >= 0.3 is 0 Å². The summed E-state index contributed by atoms with van der Waals surface area (Å²) in [5.74, 6) is 1.07. The molecule has 5 rings (SSSR count). The third-order valence-corrected chi connectivity index (χ3v) is 4.88. The average molecular weight is 375 g/mol. The van der Waals surface area contributed by atoms with Crippen molar-refractivity contribution in [2.75, 3.05) is 31.2 Å². The van der Waals surface area contributed by atoms with Crippen LogP contribution in [0.15, 0.2) is 55.0 Å². The van der Waals surface area contributed by atoms with Gasteiger partial charge in [-0.2, -0.15) is 0 Å². The highest BCUT2D eigenvalue weighted by Crippen LogP contribution is 2.32. The van der Waals surface area contributed by atoms with Gasteiger partial charge < -0.3 is 14.6 Å². The standard InChI is InChI=1S/C21H18FN5O/c22-15-10-17(16-3-5-24-18(16)11-15)19-12-20(27-6-8-28-9-7-27)26-21(25-19)14-2-1-4-23-13-14/h1-5,10-13,24H,6-9H2. The molecule has 1 fully saturated rings. The fourth-order valence-corrected chi connectivity index (χ4v) is 3.49. The van der Waals surface area contributed by atoms with E-state index >= 15 is 0 Å². The Morgan fingerprint density at radius 2 is 1.96 bits per heavy atom. The van der Waals surface area contributed by atoms with Crippen molar-refractivity contribution in [3.8, 4) is 22.6 Å². The van der Waals surface area contributed by atoms with Gasteiger partial charge in [-0.15, -0.1) is 0 Å². The number of fused-ring (bicyclic) bond motifs is 1. The molecule has 4 aromatic rings. The molecule has 0 saturated carbocycles. The highest BCUT2D eigenvalue weighted by atomic mass is 19.1. The predicted molar refractivity (Wildman–Crippen MR) is 106 cm³/mol. The van der Waals surface area contributed by atoms with Gasteiger partial charge in [-0.1, -0.05) is 0 Å². The molecule has 28 heavy (non-hydrogen) atoms. The molecule has 1 aromatic carbocycles. The minimum Gasteiger partial charge on any atom is -0.378 e. The number of halogens is 1. The molecule has 1 saturated heterocycles. The topological polar surface area (TPSA) is 66.9 Å². The van der Waals surface area contributed by atoms with Gasteiger partial charge in [0.2, 0.25) is 0 Å². The van der Waals surface area contributed by atoms with E-state index in [2.05, 4.69) is 14.9 Å². The number of H-pyrrole nitrogens is 1. The number of morpholine rings is 1. The van der Waals surface area contributed by atoms with Crippen LogP contribution in [0.5, 0.6) is 0 Å². The van der Waals surface area contributed by atoms with E-state index in [1.807, 2.05) is 24.3 Å². The number of nitrogens with one attached hydrogen (secondary N) is 1. The van der Waals surface area contributed by atoms with Gasteiger partial charge in [0.05, 0.1) is 18.9 Å². The zero-order valence-corrected chi connectivity index (χ0v) is 15.1. The summed E-state index contributed by atoms with van der Waals surface area (Å²) < 4.78 is 19.7. The third-order valence-electron chi connectivity index (χ3n) is 4.88. The molecule has 3 aromatic heterocycles. The highest BCUT2D eigenvalue weighted by molar-refractivity contribution is 5.94. The van der Waals surface area contributed by atoms with E-state index in [4.69, 9.17) is 14.7 Å². The van der Waals surface area contributed by atoms with Crippen molar-refractivity contribution in [2.45, 2.75) is 0 Å². The summed E-state index contributed by atoms with van der Waals surface area (Å²) >= 11 is 0. The molecule has 1 aliphatic heterocycles. The fraction of sp³-hybridized carbons (Fsp3) is 0.190. The molecule has 0 radical (unpaired) electrons. The van der Waals surface area contributed by atoms with Crippen molar-refractivity contribution in [1.82, 2.24) is 19.9 Å². The van der Waals surface area contributed by atoms with Crippen LogP contribution >= 0.6 is 0 Å². The zero-order chi connectivity index (χ0) is 18.9. The summed E-state index contributed by atoms with van der Waals surface area (Å²) in [6.07, 6.45) is 5.26. The number of anilines is 1. The van der Waals surface area contributed by atoms with Crippen LogP contribution in [0.25, 0.3) is 33.5 Å². The summed E-state index contributed by atoms with van der Waals surface area (Å²) in [7, 11) is 0. The second-order valence-electron chi connectivity index (χ2n) is 6.67. The molecule has 4 heterocycles. The van der Waals surface area contributed by atoms with E-state index in [0.29, 0.717) is 24.7 Å². The first-order valence-electron chi connectivity index (χ1n) is 9.17. The lowest BCUT2D eigenvalue weighted by atomic mass is 10.1. The lowest BCUT2D eigenvalue weighted by molar-refractivity contribution is 0.122. The van der Waals surface area contributed by atoms with Gasteiger partial charge in [0.15, 0.2) is 5.82 Å². The number of aromatic nitrogens is 4. The van der Waals surface area contributed by atoms with E-state index < -0.39 is 0 Å². The molecule has 0 unspecified atom stereocenters. The van der Waals surface area contributed by atoms with Crippen molar-refractivity contribution in [2.24, 2.45) is 0 Å². The van der Waals surface area contributed by atoms with Gasteiger partial charge in [0.1, 0.15) is 11.6 Å². The van der Waals surface area contributed by atoms with Crippen LogP contribution in [0.4, 0.5) is 10.2 Å². The molecular formula is C21H18FN5O. The second-order valence-corrected chi connectivity index (χ2v) is 6.67. The van der Waals surface area contributed by atoms with Crippen LogP contribution in [0.3, 0.4) is 0 Å². The van der Waals surface area contributed by atoms with Crippen molar-refractivity contribution in [3.05, 3.63) is 60.8 Å². The molecule has 1 aliphatic rings. The van der Waals surface area contributed by atoms with E-state index in [-0.39, 0.29) is 5.82 Å². The zero-order valence-electron chi connectivity index (χ0n) is 15.1. The maximum absolute atomic E-state index is 14.2. The van der Waals surface area contributed by atoms with E-state index in [0.717, 1.165) is 40.9 Å². The minimum absolute atomic E-state index is 0.306. The Kier molecular flexibility index (Phi) is 4.21. The minimum atomic E-state index is -0.306. The summed E-state index contributed by atoms with van der Waals surface area (Å²) in [6, 6.07) is 10.6. The van der Waals surface area contributed by atoms with Gasteiger partial charge in [-0.3, -0.25) is 4.98 Å². The van der Waals surface area contributed by atoms with E-state index in [9.17, 15) is 4.39 Å². The van der Waals surface area contributed by atoms with Gasteiger partial charge in [-0.25, -0.2) is 14.4 Å². The molecule has 7 heteroatoms. The van der Waals surface area contributed by atoms with Gasteiger partial charge in [0.25, 0.3) is 0 Å². The van der Waals surface area contributed by atoms with Crippen LogP contribution in [0.2, 0.25) is 0 Å². The predicted octanol–water partition coefficient (Wildman–Crippen LogP) is 3.66. The lowest BCUT2D eigenvalue weighted by Crippen LogP contribution is -2.36. The number of aromatic amines is 1. The normalized spacial score (nSPS) is 14.5. The fourth-order valence-electron chi connectivity index (χ4n) is 3.49. The number of hydrogen-bond acceptors (Lipinski definition) is 5. The first-order chi connectivity index (χ1) is 13.8. The lowest BCUT2D eigenvalue weighted by Gasteiger charge is -2.28. The largest absolute Gasteiger partial charge is 0.378 e. The Labute approximate surface area is 161 Å². The number of pyridine rings is 1. The second kappa shape index (κ2) is 7.01. The SMILES string of the molecule is Fc1cc(-c2cc(N3CCOCC3)nc(-c3cccnc3)n2)c2cc[nH]c2c1. The van der Waals surface area contributed by atoms with Crippen molar-refractivity contribution < 1.29 is 9.13 Å². The monoisotopic (exact) mass is 375 g/mol. The maximum atomic E-state index is 14.2. The maximum Gasteiger partial charge on any atom is 0.163 e. The summed E-state index contributed by atoms with van der Waals surface area (Å²) in [6.45, 7) is 2.82. The molecule has 0 atom stereocenters. The highest BCUT2D eigenvalue weighted by Gasteiger charge is 2.18. The van der Waals surface area contributed by atoms with E-state index in [1.165, 1.54) is 12.1 Å². The number of ether oxygens (including phenoxy) is 1. The van der Waals surface area contributed by atoms with Crippen LogP contribution < -0.4 is 4.90 Å². The average Bonchev–Trinajstić information content (AvgIpc) is 3.22. The quantitative estimate of drug-likeness (QED) is 0.592. The molecule has 0 bridgehead atoms. The van der Waals surface area contributed by atoms with Crippen LogP contribution in [0, 0.1) is 5.82 Å². The van der Waals surface area contributed by atoms with Crippen LogP contribution in [-0.4, -0.2) is 46.2 Å². The molecule has 0 spiro atoms. The molecular weight excluding hydrogens is 357 g/mol. The Balaban J connectivity index is 1.71. The summed E-state index contributed by atoms with van der Waals surface area (Å²) in [5.41, 5.74) is 2.97. The van der Waals surface area contributed by atoms with E-state index in [1.54, 1.807) is 18.6 Å². The number of nitrogens with zero attached hydrogens (tertiary/aromatic N) is 4. The Morgan fingerprint density at radius 1 is 1.07 bits per heavy atom. The van der Waals surface area contributed by atoms with Crippen molar-refractivity contribution in [3.63, 3.8) is 0 Å². The molecule has 0 aliphatic carbocycles. The first kappa shape index (κ1) is 16.8. The Morgan fingerprint density at radius 3 is 2.79 bits per heavy atom. The summed E-state index contributed by atoms with van der Waals surface area (Å²) in [4.78, 5) is 18.9.